The third kappa shape index (κ3) is 21.6. The molecule has 0 saturated carbocycles. The van der Waals surface area contributed by atoms with E-state index in [1.807, 2.05) is 0 Å². The van der Waals surface area contributed by atoms with Crippen LogP contribution in [0.4, 0.5) is 0 Å². The van der Waals surface area contributed by atoms with Crippen LogP contribution in [0.1, 0.15) is 96.8 Å². The molecule has 5 nitrogen and oxygen atoms in total. The zero-order valence-electron chi connectivity index (χ0n) is 15.3. The van der Waals surface area contributed by atoms with Crippen LogP contribution in [-0.4, -0.2) is 19.5 Å². The van der Waals surface area contributed by atoms with Crippen LogP contribution in [0.15, 0.2) is 12.2 Å². The highest BCUT2D eigenvalue weighted by molar-refractivity contribution is 7.80. The summed E-state index contributed by atoms with van der Waals surface area (Å²) in [5, 5.41) is 0. The van der Waals surface area contributed by atoms with E-state index in [4.69, 9.17) is 4.55 Å². The molecule has 0 fully saturated rings. The Kier molecular flexibility index (Phi) is 17.1. The second-order valence-electron chi connectivity index (χ2n) is 6.34. The van der Waals surface area contributed by atoms with E-state index in [1.165, 1.54) is 70.6 Å². The molecule has 0 rings (SSSR count). The molecule has 0 heterocycles. The lowest BCUT2D eigenvalue weighted by atomic mass is 10.1. The molecule has 0 aromatic carbocycles. The number of hydroxylamine groups is 1. The average Bonchev–Trinajstić information content (AvgIpc) is 2.52. The van der Waals surface area contributed by atoms with Crippen LogP contribution in [-0.2, 0) is 14.7 Å². The van der Waals surface area contributed by atoms with Crippen LogP contribution in [0, 0.1) is 0 Å². The van der Waals surface area contributed by atoms with Gasteiger partial charge in [-0.2, -0.15) is 18.2 Å². The largest absolute Gasteiger partial charge is 0.413 e. The van der Waals surface area contributed by atoms with Crippen LogP contribution in [0.25, 0.3) is 0 Å². The fourth-order valence-corrected chi connectivity index (χ4v) is 2.79. The Bertz CT molecular complexity index is 382. The molecule has 0 aliphatic rings. The Morgan fingerprint density at radius 1 is 0.792 bits per heavy atom. The van der Waals surface area contributed by atoms with Gasteiger partial charge in [-0.1, -0.05) is 76.9 Å². The maximum atomic E-state index is 10.3. The van der Waals surface area contributed by atoms with Gasteiger partial charge in [-0.05, 0) is 32.1 Å². The lowest BCUT2D eigenvalue weighted by molar-refractivity contribution is 0.173. The summed E-state index contributed by atoms with van der Waals surface area (Å²) in [5.74, 6) is 0. The zero-order chi connectivity index (χ0) is 17.9. The van der Waals surface area contributed by atoms with Gasteiger partial charge in [-0.15, -0.1) is 0 Å². The lowest BCUT2D eigenvalue weighted by Crippen LogP contribution is -2.20. The van der Waals surface area contributed by atoms with E-state index in [1.54, 1.807) is 0 Å². The fourth-order valence-electron chi connectivity index (χ4n) is 2.56. The van der Waals surface area contributed by atoms with E-state index in [0.717, 1.165) is 19.3 Å². The molecule has 0 aliphatic carbocycles. The summed E-state index contributed by atoms with van der Waals surface area (Å²) in [4.78, 5) is 0. The topological polar surface area (TPSA) is 75.6 Å². The average molecular weight is 364 g/mol. The lowest BCUT2D eigenvalue weighted by Gasteiger charge is -2.02. The van der Waals surface area contributed by atoms with Crippen molar-refractivity contribution < 1.29 is 17.3 Å². The number of hydrogen-bond donors (Lipinski definition) is 2. The monoisotopic (exact) mass is 363 g/mol. The van der Waals surface area contributed by atoms with Gasteiger partial charge in [0.05, 0.1) is 0 Å². The number of allylic oxidation sites excluding steroid dienone is 2. The van der Waals surface area contributed by atoms with Crippen molar-refractivity contribution in [2.75, 3.05) is 6.54 Å². The standard InChI is InChI=1S/C18H37NO4S/c1-2-3-4-5-6-7-8-9-10-11-12-13-14-15-16-17-18-19-23-24(20,21)22/h9-10,19H,2-8,11-18H2,1H3,(H,20,21,22)/b10-9-. The molecular weight excluding hydrogens is 326 g/mol. The Morgan fingerprint density at radius 3 is 1.75 bits per heavy atom. The molecule has 0 unspecified atom stereocenters. The Morgan fingerprint density at radius 2 is 1.25 bits per heavy atom. The fraction of sp³-hybridized carbons (Fsp3) is 0.889. The van der Waals surface area contributed by atoms with Gasteiger partial charge in [0.2, 0.25) is 0 Å². The molecule has 6 heteroatoms. The van der Waals surface area contributed by atoms with Crippen molar-refractivity contribution in [3.05, 3.63) is 12.2 Å². The van der Waals surface area contributed by atoms with Gasteiger partial charge in [0.15, 0.2) is 0 Å². The van der Waals surface area contributed by atoms with Crippen molar-refractivity contribution in [3.8, 4) is 0 Å². The van der Waals surface area contributed by atoms with Crippen LogP contribution >= 0.6 is 0 Å². The van der Waals surface area contributed by atoms with Crippen molar-refractivity contribution in [2.45, 2.75) is 96.8 Å². The Balaban J connectivity index is 3.13. The summed E-state index contributed by atoms with van der Waals surface area (Å²) in [5.41, 5.74) is 2.23. The molecule has 0 amide bonds. The summed E-state index contributed by atoms with van der Waals surface area (Å²) < 4.78 is 32.9. The van der Waals surface area contributed by atoms with Crippen LogP contribution in [0.2, 0.25) is 0 Å². The maximum absolute atomic E-state index is 10.3. The molecule has 144 valence electrons. The van der Waals surface area contributed by atoms with Crippen molar-refractivity contribution in [1.82, 2.24) is 5.48 Å². The number of hydrogen-bond acceptors (Lipinski definition) is 4. The summed E-state index contributed by atoms with van der Waals surface area (Å²) in [6, 6.07) is 0. The van der Waals surface area contributed by atoms with Gasteiger partial charge in [0.1, 0.15) is 0 Å². The van der Waals surface area contributed by atoms with Gasteiger partial charge in [-0.25, -0.2) is 0 Å². The highest BCUT2D eigenvalue weighted by Gasteiger charge is 2.02. The Hall–Kier alpha value is -0.430. The highest BCUT2D eigenvalue weighted by atomic mass is 32.3. The van der Waals surface area contributed by atoms with Crippen molar-refractivity contribution in [2.24, 2.45) is 0 Å². The molecule has 0 atom stereocenters. The van der Waals surface area contributed by atoms with Gasteiger partial charge >= 0.3 is 10.4 Å². The molecule has 0 aromatic rings. The van der Waals surface area contributed by atoms with Crippen LogP contribution in [0.3, 0.4) is 0 Å². The van der Waals surface area contributed by atoms with Gasteiger partial charge < -0.3 is 0 Å². The number of unbranched alkanes of at least 4 members (excludes halogenated alkanes) is 12. The van der Waals surface area contributed by atoms with Crippen molar-refractivity contribution in [3.63, 3.8) is 0 Å². The molecule has 0 bridgehead atoms. The molecule has 0 aliphatic heterocycles. The molecule has 0 radical (unpaired) electrons. The first-order valence-electron chi connectivity index (χ1n) is 9.60. The predicted octanol–water partition coefficient (Wildman–Crippen LogP) is 5.35. The summed E-state index contributed by atoms with van der Waals surface area (Å²) in [6.07, 6.45) is 22.0. The van der Waals surface area contributed by atoms with E-state index in [2.05, 4.69) is 28.8 Å². The summed E-state index contributed by atoms with van der Waals surface area (Å²) >= 11 is 0. The van der Waals surface area contributed by atoms with Gasteiger partial charge in [-0.3, -0.25) is 4.55 Å². The highest BCUT2D eigenvalue weighted by Crippen LogP contribution is 2.09. The minimum Gasteiger partial charge on any atom is -0.262 e. The zero-order valence-corrected chi connectivity index (χ0v) is 16.2. The van der Waals surface area contributed by atoms with Crippen molar-refractivity contribution >= 4 is 10.4 Å². The normalized spacial score (nSPS) is 12.2. The van der Waals surface area contributed by atoms with E-state index in [0.29, 0.717) is 6.54 Å². The first-order valence-corrected chi connectivity index (χ1v) is 11.0. The molecule has 0 saturated heterocycles. The van der Waals surface area contributed by atoms with E-state index < -0.39 is 10.4 Å². The van der Waals surface area contributed by atoms with Crippen molar-refractivity contribution in [1.29, 1.82) is 0 Å². The molecule has 0 spiro atoms. The van der Waals surface area contributed by atoms with Crippen LogP contribution < -0.4 is 5.48 Å². The molecule has 2 N–H and O–H groups in total. The SMILES string of the molecule is CCCCCCCC/C=C\CCCCCCCCNOS(=O)(=O)O. The molecule has 24 heavy (non-hydrogen) atoms. The molecule has 0 aromatic heterocycles. The smallest absolute Gasteiger partial charge is 0.262 e. The second-order valence-corrected chi connectivity index (χ2v) is 7.37. The summed E-state index contributed by atoms with van der Waals surface area (Å²) in [7, 11) is -4.36. The van der Waals surface area contributed by atoms with Crippen LogP contribution in [0.5, 0.6) is 0 Å². The van der Waals surface area contributed by atoms with Gasteiger partial charge in [0.25, 0.3) is 0 Å². The first-order chi connectivity index (χ1) is 11.6. The third-order valence-corrected chi connectivity index (χ3v) is 4.28. The Labute approximate surface area is 149 Å². The minimum absolute atomic E-state index is 0.432. The third-order valence-electron chi connectivity index (χ3n) is 3.95. The number of rotatable bonds is 18. The second kappa shape index (κ2) is 17.4. The van der Waals surface area contributed by atoms with Gasteiger partial charge in [0, 0.05) is 6.54 Å². The van der Waals surface area contributed by atoms with E-state index in [9.17, 15) is 8.42 Å². The summed E-state index contributed by atoms with van der Waals surface area (Å²) in [6.45, 7) is 2.68. The number of nitrogens with one attached hydrogen (secondary N) is 1. The predicted molar refractivity (Wildman–Crippen MR) is 100 cm³/mol. The minimum atomic E-state index is -4.36. The van der Waals surface area contributed by atoms with E-state index >= 15 is 0 Å². The maximum Gasteiger partial charge on any atom is 0.413 e. The quantitative estimate of drug-likeness (QED) is 0.149. The van der Waals surface area contributed by atoms with E-state index in [-0.39, 0.29) is 0 Å². The molecular formula is C18H37NO4S. The first kappa shape index (κ1) is 23.6.